The van der Waals surface area contributed by atoms with Crippen molar-refractivity contribution in [3.05, 3.63) is 65.5 Å². The minimum atomic E-state index is -0.457. The molecular formula is C23H23FN4OS. The van der Waals surface area contributed by atoms with Crippen LogP contribution in [-0.4, -0.2) is 30.6 Å². The molecule has 1 saturated carbocycles. The van der Waals surface area contributed by atoms with Crippen LogP contribution >= 0.6 is 11.8 Å². The molecule has 0 N–H and O–H groups in total. The van der Waals surface area contributed by atoms with E-state index in [9.17, 15) is 9.18 Å². The molecule has 2 atom stereocenters. The van der Waals surface area contributed by atoms with Crippen LogP contribution in [0.15, 0.2) is 53.3 Å². The van der Waals surface area contributed by atoms with Crippen molar-refractivity contribution in [1.82, 2.24) is 19.6 Å². The SMILES string of the molecule is CC(=O)[C@]12Cc3cnn(-c4ccc(F)cc4)c3C=C1CC[C@H](Sc1cnn(C)c1)C2. The molecule has 0 unspecified atom stereocenters. The van der Waals surface area contributed by atoms with Crippen LogP contribution in [-0.2, 0) is 18.3 Å². The Morgan fingerprint density at radius 3 is 2.73 bits per heavy atom. The van der Waals surface area contributed by atoms with Gasteiger partial charge >= 0.3 is 0 Å². The number of halogens is 1. The molecule has 0 amide bonds. The molecule has 0 bridgehead atoms. The fourth-order valence-corrected chi connectivity index (χ4v) is 6.09. The average Bonchev–Trinajstić information content (AvgIpc) is 3.32. The van der Waals surface area contributed by atoms with Crippen LogP contribution in [0.1, 0.15) is 37.4 Å². The number of aryl methyl sites for hydroxylation is 1. The Bertz CT molecular complexity index is 1150. The number of carbonyl (C=O) groups is 1. The van der Waals surface area contributed by atoms with E-state index in [1.165, 1.54) is 17.7 Å². The fraction of sp³-hybridized carbons (Fsp3) is 0.348. The monoisotopic (exact) mass is 422 g/mol. The Morgan fingerprint density at radius 2 is 2.03 bits per heavy atom. The van der Waals surface area contributed by atoms with Crippen LogP contribution in [0.25, 0.3) is 11.8 Å². The van der Waals surface area contributed by atoms with Crippen molar-refractivity contribution in [1.29, 1.82) is 0 Å². The molecule has 5 nitrogen and oxygen atoms in total. The molecule has 0 saturated heterocycles. The zero-order chi connectivity index (χ0) is 20.9. The summed E-state index contributed by atoms with van der Waals surface area (Å²) < 4.78 is 17.0. The molecule has 30 heavy (non-hydrogen) atoms. The van der Waals surface area contributed by atoms with E-state index in [1.807, 2.05) is 46.8 Å². The van der Waals surface area contributed by atoms with Crippen molar-refractivity contribution < 1.29 is 9.18 Å². The van der Waals surface area contributed by atoms with Crippen LogP contribution < -0.4 is 0 Å². The van der Waals surface area contributed by atoms with Gasteiger partial charge in [0.05, 0.1) is 29.2 Å². The molecule has 3 aromatic rings. The molecule has 154 valence electrons. The number of allylic oxidation sites excluding steroid dienone is 1. The highest BCUT2D eigenvalue weighted by Crippen LogP contribution is 2.51. The third kappa shape index (κ3) is 3.21. The van der Waals surface area contributed by atoms with E-state index in [4.69, 9.17) is 0 Å². The van der Waals surface area contributed by atoms with Gasteiger partial charge in [-0.3, -0.25) is 9.48 Å². The normalized spacial score (nSPS) is 22.9. The number of hydrogen-bond donors (Lipinski definition) is 0. The van der Waals surface area contributed by atoms with E-state index in [0.29, 0.717) is 11.7 Å². The van der Waals surface area contributed by atoms with Crippen molar-refractivity contribution in [2.75, 3.05) is 0 Å². The summed E-state index contributed by atoms with van der Waals surface area (Å²) in [6.45, 7) is 1.72. The molecule has 7 heteroatoms. The molecule has 1 fully saturated rings. The number of rotatable bonds is 4. The maximum Gasteiger partial charge on any atom is 0.140 e. The lowest BCUT2D eigenvalue weighted by Crippen LogP contribution is -2.41. The maximum absolute atomic E-state index is 13.3. The second kappa shape index (κ2) is 7.23. The van der Waals surface area contributed by atoms with Gasteiger partial charge in [0.2, 0.25) is 0 Å². The summed E-state index contributed by atoms with van der Waals surface area (Å²) in [5.41, 5.74) is 3.65. The van der Waals surface area contributed by atoms with Gasteiger partial charge in [-0.15, -0.1) is 11.8 Å². The highest BCUT2D eigenvalue weighted by atomic mass is 32.2. The molecule has 2 aromatic heterocycles. The van der Waals surface area contributed by atoms with Gasteiger partial charge in [0.15, 0.2) is 0 Å². The van der Waals surface area contributed by atoms with Crippen LogP contribution in [0.5, 0.6) is 0 Å². The van der Waals surface area contributed by atoms with Crippen LogP contribution in [0.3, 0.4) is 0 Å². The lowest BCUT2D eigenvalue weighted by Gasteiger charge is -2.43. The van der Waals surface area contributed by atoms with E-state index < -0.39 is 5.41 Å². The summed E-state index contributed by atoms with van der Waals surface area (Å²) in [4.78, 5) is 14.1. The fourth-order valence-electron chi connectivity index (χ4n) is 4.78. The molecule has 2 aliphatic rings. The van der Waals surface area contributed by atoms with Gasteiger partial charge in [-0.2, -0.15) is 10.2 Å². The first kappa shape index (κ1) is 19.3. The number of nitrogens with zero attached hydrogens (tertiary/aromatic N) is 4. The number of hydrogen-bond acceptors (Lipinski definition) is 4. The Balaban J connectivity index is 1.48. The number of fused-ring (bicyclic) bond motifs is 2. The second-order valence-electron chi connectivity index (χ2n) is 8.26. The predicted octanol–water partition coefficient (Wildman–Crippen LogP) is 4.60. The zero-order valence-electron chi connectivity index (χ0n) is 17.0. The number of Topliss-reactive ketones (excluding diaryl/α,β-unsaturated/α-hetero) is 1. The summed E-state index contributed by atoms with van der Waals surface area (Å²) >= 11 is 1.82. The maximum atomic E-state index is 13.3. The average molecular weight is 423 g/mol. The summed E-state index contributed by atoms with van der Waals surface area (Å²) in [5.74, 6) is -0.0383. The lowest BCUT2D eigenvalue weighted by atomic mass is 9.62. The van der Waals surface area contributed by atoms with Crippen LogP contribution in [0, 0.1) is 11.2 Å². The number of carbonyl (C=O) groups excluding carboxylic acids is 1. The minimum absolute atomic E-state index is 0.227. The predicted molar refractivity (Wildman–Crippen MR) is 115 cm³/mol. The summed E-state index contributed by atoms with van der Waals surface area (Å²) in [6.07, 6.45) is 11.4. The third-order valence-corrected chi connectivity index (χ3v) is 7.56. The first-order valence-electron chi connectivity index (χ1n) is 10.1. The summed E-state index contributed by atoms with van der Waals surface area (Å²) in [6, 6.07) is 6.35. The van der Waals surface area contributed by atoms with Crippen LogP contribution in [0.2, 0.25) is 0 Å². The number of aromatic nitrogens is 4. The molecular weight excluding hydrogens is 399 g/mol. The first-order chi connectivity index (χ1) is 14.4. The van der Waals surface area contributed by atoms with Gasteiger partial charge < -0.3 is 0 Å². The highest BCUT2D eigenvalue weighted by Gasteiger charge is 2.47. The van der Waals surface area contributed by atoms with Gasteiger partial charge in [-0.05, 0) is 68.5 Å². The Labute approximate surface area is 179 Å². The van der Waals surface area contributed by atoms with Gasteiger partial charge in [0, 0.05) is 23.4 Å². The van der Waals surface area contributed by atoms with E-state index in [0.717, 1.165) is 41.1 Å². The third-order valence-electron chi connectivity index (χ3n) is 6.34. The Kier molecular flexibility index (Phi) is 4.65. The van der Waals surface area contributed by atoms with Crippen molar-refractivity contribution in [3.63, 3.8) is 0 Å². The van der Waals surface area contributed by atoms with Gasteiger partial charge in [0.1, 0.15) is 11.6 Å². The summed E-state index contributed by atoms with van der Waals surface area (Å²) in [5, 5.41) is 9.20. The number of thioether (sulfide) groups is 1. The van der Waals surface area contributed by atoms with E-state index in [1.54, 1.807) is 19.1 Å². The topological polar surface area (TPSA) is 52.7 Å². The van der Waals surface area contributed by atoms with Crippen molar-refractivity contribution in [3.8, 4) is 5.69 Å². The van der Waals surface area contributed by atoms with E-state index in [-0.39, 0.29) is 11.6 Å². The smallest absolute Gasteiger partial charge is 0.140 e. The summed E-state index contributed by atoms with van der Waals surface area (Å²) in [7, 11) is 1.92. The van der Waals surface area contributed by atoms with E-state index in [2.05, 4.69) is 16.3 Å². The number of benzene rings is 1. The molecule has 0 spiro atoms. The van der Waals surface area contributed by atoms with Crippen LogP contribution in [0.4, 0.5) is 4.39 Å². The number of ketones is 1. The van der Waals surface area contributed by atoms with Gasteiger partial charge in [-0.1, -0.05) is 5.57 Å². The standard InChI is InChI=1S/C23H23FN4OS/c1-15(29)23-10-16-12-26-28(19-6-4-18(24)5-7-19)22(16)9-17(23)3-8-20(11-23)30-21-13-25-27(2)14-21/h4-7,9,12-14,20H,3,8,10-11H2,1-2H3/t20-,23+/m0/s1. The molecule has 0 radical (unpaired) electrons. The van der Waals surface area contributed by atoms with Gasteiger partial charge in [0.25, 0.3) is 0 Å². The quantitative estimate of drug-likeness (QED) is 0.616. The molecule has 2 heterocycles. The Hall–Kier alpha value is -2.67. The molecule has 5 rings (SSSR count). The van der Waals surface area contributed by atoms with Crippen molar-refractivity contribution in [2.24, 2.45) is 12.5 Å². The molecule has 2 aliphatic carbocycles. The molecule has 1 aromatic carbocycles. The van der Waals surface area contributed by atoms with Crippen molar-refractivity contribution in [2.45, 2.75) is 42.8 Å². The minimum Gasteiger partial charge on any atom is -0.299 e. The zero-order valence-corrected chi connectivity index (χ0v) is 17.8. The highest BCUT2D eigenvalue weighted by molar-refractivity contribution is 8.00. The lowest BCUT2D eigenvalue weighted by molar-refractivity contribution is -0.125. The van der Waals surface area contributed by atoms with E-state index >= 15 is 0 Å². The van der Waals surface area contributed by atoms with Gasteiger partial charge in [-0.25, -0.2) is 9.07 Å². The Morgan fingerprint density at radius 1 is 1.23 bits per heavy atom. The van der Waals surface area contributed by atoms with Crippen molar-refractivity contribution >= 4 is 23.6 Å². The molecule has 0 aliphatic heterocycles. The second-order valence-corrected chi connectivity index (χ2v) is 9.63. The largest absolute Gasteiger partial charge is 0.299 e. The first-order valence-corrected chi connectivity index (χ1v) is 11.0.